The van der Waals surface area contributed by atoms with Gasteiger partial charge >= 0.3 is 6.03 Å². The molecule has 0 saturated heterocycles. The number of nitrogens with zero attached hydrogens (tertiary/aromatic N) is 3. The SMILES string of the molecule is CC(O)CN(C)C(=O)NCc1ccc(-n2ccnc2)cc1. The van der Waals surface area contributed by atoms with Gasteiger partial charge in [-0.15, -0.1) is 0 Å². The molecule has 0 fully saturated rings. The molecule has 1 aromatic carbocycles. The fourth-order valence-electron chi connectivity index (χ4n) is 1.99. The zero-order valence-electron chi connectivity index (χ0n) is 12.2. The van der Waals surface area contributed by atoms with Crippen LogP contribution in [0.3, 0.4) is 0 Å². The molecule has 2 amide bonds. The second kappa shape index (κ2) is 6.90. The summed E-state index contributed by atoms with van der Waals surface area (Å²) in [6.07, 6.45) is 4.81. The number of aromatic nitrogens is 2. The normalized spacial score (nSPS) is 12.0. The second-order valence-corrected chi connectivity index (χ2v) is 5.02. The number of nitrogens with one attached hydrogen (secondary N) is 1. The smallest absolute Gasteiger partial charge is 0.317 e. The molecule has 1 heterocycles. The molecule has 6 heteroatoms. The molecule has 1 unspecified atom stereocenters. The highest BCUT2D eigenvalue weighted by Gasteiger charge is 2.10. The molecule has 0 saturated carbocycles. The fourth-order valence-corrected chi connectivity index (χ4v) is 1.99. The Morgan fingerprint density at radius 3 is 2.71 bits per heavy atom. The second-order valence-electron chi connectivity index (χ2n) is 5.02. The minimum Gasteiger partial charge on any atom is -0.392 e. The van der Waals surface area contributed by atoms with Gasteiger partial charge in [0.2, 0.25) is 0 Å². The van der Waals surface area contributed by atoms with E-state index >= 15 is 0 Å². The van der Waals surface area contributed by atoms with Crippen molar-refractivity contribution in [2.45, 2.75) is 19.6 Å². The Balaban J connectivity index is 1.88. The highest BCUT2D eigenvalue weighted by Crippen LogP contribution is 2.09. The van der Waals surface area contributed by atoms with E-state index in [-0.39, 0.29) is 6.03 Å². The van der Waals surface area contributed by atoms with Gasteiger partial charge in [0.05, 0.1) is 12.4 Å². The average molecular weight is 288 g/mol. The van der Waals surface area contributed by atoms with E-state index in [9.17, 15) is 9.90 Å². The summed E-state index contributed by atoms with van der Waals surface area (Å²) in [7, 11) is 1.66. The first kappa shape index (κ1) is 15.1. The number of carbonyl (C=O) groups excluding carboxylic acids is 1. The lowest BCUT2D eigenvalue weighted by Crippen LogP contribution is -2.40. The number of imidazole rings is 1. The third kappa shape index (κ3) is 4.32. The van der Waals surface area contributed by atoms with Crippen molar-refractivity contribution < 1.29 is 9.90 Å². The number of hydrogen-bond acceptors (Lipinski definition) is 3. The van der Waals surface area contributed by atoms with Crippen molar-refractivity contribution in [1.82, 2.24) is 19.8 Å². The van der Waals surface area contributed by atoms with Crippen molar-refractivity contribution in [2.24, 2.45) is 0 Å². The van der Waals surface area contributed by atoms with Gasteiger partial charge in [0, 0.05) is 38.2 Å². The van der Waals surface area contributed by atoms with E-state index in [4.69, 9.17) is 0 Å². The number of carbonyl (C=O) groups is 1. The van der Waals surface area contributed by atoms with E-state index < -0.39 is 6.10 Å². The van der Waals surface area contributed by atoms with Gasteiger partial charge in [-0.25, -0.2) is 9.78 Å². The standard InChI is InChI=1S/C15H20N4O2/c1-12(20)10-18(2)15(21)17-9-13-3-5-14(6-4-13)19-8-7-16-11-19/h3-8,11-12,20H,9-10H2,1-2H3,(H,17,21). The Bertz CT molecular complexity index is 564. The highest BCUT2D eigenvalue weighted by atomic mass is 16.3. The zero-order valence-corrected chi connectivity index (χ0v) is 12.2. The molecule has 0 spiro atoms. The first-order chi connectivity index (χ1) is 10.1. The van der Waals surface area contributed by atoms with Gasteiger partial charge in [-0.3, -0.25) is 0 Å². The minimum atomic E-state index is -0.532. The zero-order chi connectivity index (χ0) is 15.2. The first-order valence-electron chi connectivity index (χ1n) is 6.80. The average Bonchev–Trinajstić information content (AvgIpc) is 2.98. The molecule has 0 radical (unpaired) electrons. The van der Waals surface area contributed by atoms with Crippen LogP contribution in [0.1, 0.15) is 12.5 Å². The van der Waals surface area contributed by atoms with Crippen LogP contribution in [-0.2, 0) is 6.54 Å². The van der Waals surface area contributed by atoms with E-state index in [0.29, 0.717) is 13.1 Å². The maximum atomic E-state index is 11.8. The summed E-state index contributed by atoms with van der Waals surface area (Å²) in [6, 6.07) is 7.68. The number of amides is 2. The number of hydrogen-bond donors (Lipinski definition) is 2. The summed E-state index contributed by atoms with van der Waals surface area (Å²) in [6.45, 7) is 2.41. The van der Waals surface area contributed by atoms with Crippen LogP contribution in [0.15, 0.2) is 43.0 Å². The lowest BCUT2D eigenvalue weighted by Gasteiger charge is -2.19. The Morgan fingerprint density at radius 2 is 2.14 bits per heavy atom. The molecule has 0 bridgehead atoms. The Morgan fingerprint density at radius 1 is 1.43 bits per heavy atom. The Hall–Kier alpha value is -2.34. The van der Waals surface area contributed by atoms with Gasteiger partial charge in [0.1, 0.15) is 0 Å². The van der Waals surface area contributed by atoms with Crippen molar-refractivity contribution in [1.29, 1.82) is 0 Å². The predicted octanol–water partition coefficient (Wildman–Crippen LogP) is 1.39. The molecular formula is C15H20N4O2. The van der Waals surface area contributed by atoms with Crippen LogP contribution in [0.5, 0.6) is 0 Å². The van der Waals surface area contributed by atoms with Crippen molar-refractivity contribution in [3.8, 4) is 5.69 Å². The summed E-state index contributed by atoms with van der Waals surface area (Å²) in [4.78, 5) is 17.3. The van der Waals surface area contributed by atoms with E-state index in [0.717, 1.165) is 11.3 Å². The van der Waals surface area contributed by atoms with Crippen LogP contribution in [0.4, 0.5) is 4.79 Å². The van der Waals surface area contributed by atoms with E-state index in [1.165, 1.54) is 4.90 Å². The van der Waals surface area contributed by atoms with E-state index in [1.54, 1.807) is 26.5 Å². The van der Waals surface area contributed by atoms with Crippen LogP contribution in [0, 0.1) is 0 Å². The number of benzene rings is 1. The topological polar surface area (TPSA) is 70.4 Å². The van der Waals surface area contributed by atoms with Crippen molar-refractivity contribution in [3.05, 3.63) is 48.5 Å². The summed E-state index contributed by atoms with van der Waals surface area (Å²) in [5, 5.41) is 12.1. The minimum absolute atomic E-state index is 0.199. The molecule has 0 aliphatic carbocycles. The number of rotatable bonds is 5. The summed E-state index contributed by atoms with van der Waals surface area (Å²) in [5.74, 6) is 0. The third-order valence-electron chi connectivity index (χ3n) is 3.07. The van der Waals surface area contributed by atoms with Crippen LogP contribution >= 0.6 is 0 Å². The van der Waals surface area contributed by atoms with Gasteiger partial charge in [-0.05, 0) is 24.6 Å². The Labute approximate surface area is 124 Å². The quantitative estimate of drug-likeness (QED) is 0.873. The molecule has 1 aromatic heterocycles. The highest BCUT2D eigenvalue weighted by molar-refractivity contribution is 5.73. The maximum Gasteiger partial charge on any atom is 0.317 e. The van der Waals surface area contributed by atoms with Gasteiger partial charge in [-0.1, -0.05) is 12.1 Å². The molecule has 1 atom stereocenters. The number of aliphatic hydroxyl groups excluding tert-OH is 1. The molecule has 6 nitrogen and oxygen atoms in total. The van der Waals surface area contributed by atoms with Gasteiger partial charge in [0.25, 0.3) is 0 Å². The maximum absolute atomic E-state index is 11.8. The molecule has 2 aromatic rings. The Kier molecular flexibility index (Phi) is 4.94. The monoisotopic (exact) mass is 288 g/mol. The first-order valence-corrected chi connectivity index (χ1v) is 6.80. The predicted molar refractivity (Wildman–Crippen MR) is 80.1 cm³/mol. The summed E-state index contributed by atoms with van der Waals surface area (Å²) >= 11 is 0. The lowest BCUT2D eigenvalue weighted by molar-refractivity contribution is 0.143. The van der Waals surface area contributed by atoms with Gasteiger partial charge in [-0.2, -0.15) is 0 Å². The number of aliphatic hydroxyl groups is 1. The fraction of sp³-hybridized carbons (Fsp3) is 0.333. The van der Waals surface area contributed by atoms with Crippen molar-refractivity contribution in [3.63, 3.8) is 0 Å². The van der Waals surface area contributed by atoms with Crippen LogP contribution in [-0.4, -0.2) is 45.3 Å². The largest absolute Gasteiger partial charge is 0.392 e. The molecule has 0 aliphatic heterocycles. The van der Waals surface area contributed by atoms with E-state index in [1.807, 2.05) is 35.0 Å². The summed E-state index contributed by atoms with van der Waals surface area (Å²) < 4.78 is 1.92. The molecule has 21 heavy (non-hydrogen) atoms. The molecular weight excluding hydrogens is 268 g/mol. The van der Waals surface area contributed by atoms with Crippen molar-refractivity contribution in [2.75, 3.05) is 13.6 Å². The third-order valence-corrected chi connectivity index (χ3v) is 3.07. The van der Waals surface area contributed by atoms with Crippen molar-refractivity contribution >= 4 is 6.03 Å². The van der Waals surface area contributed by atoms with Crippen LogP contribution in [0.25, 0.3) is 5.69 Å². The molecule has 2 N–H and O–H groups in total. The lowest BCUT2D eigenvalue weighted by atomic mass is 10.2. The van der Waals surface area contributed by atoms with Gasteiger partial charge < -0.3 is 19.9 Å². The van der Waals surface area contributed by atoms with E-state index in [2.05, 4.69) is 10.3 Å². The molecule has 2 rings (SSSR count). The molecule has 0 aliphatic rings. The van der Waals surface area contributed by atoms with Crippen LogP contribution < -0.4 is 5.32 Å². The number of likely N-dealkylation sites (N-methyl/N-ethyl adjacent to an activating group) is 1. The van der Waals surface area contributed by atoms with Crippen LogP contribution in [0.2, 0.25) is 0 Å². The molecule has 112 valence electrons. The summed E-state index contributed by atoms with van der Waals surface area (Å²) in [5.41, 5.74) is 2.03. The number of urea groups is 1. The van der Waals surface area contributed by atoms with Gasteiger partial charge in [0.15, 0.2) is 0 Å².